The maximum absolute atomic E-state index is 5.69. The largest absolute Gasteiger partial charge is 0.492 e. The maximum Gasteiger partial charge on any atom is 0.207 e. The van der Waals surface area contributed by atoms with Crippen molar-refractivity contribution < 1.29 is 37.9 Å². The van der Waals surface area contributed by atoms with Gasteiger partial charge in [-0.15, -0.1) is 0 Å². The van der Waals surface area contributed by atoms with Crippen molar-refractivity contribution in [1.29, 1.82) is 0 Å². The molecule has 0 unspecified atom stereocenters. The SMILES string of the molecule is COc1c(C)c(C=CC(C)=CC=CC(C)=CC=CC=C(C)C=CC=C(C)C=Cc2c(C)c(OC)c(OC)c(OC)c2OC)c(OC)c(OC)c1OC. The van der Waals surface area contributed by atoms with E-state index in [9.17, 15) is 0 Å². The summed E-state index contributed by atoms with van der Waals surface area (Å²) in [7, 11) is 12.8. The van der Waals surface area contributed by atoms with Gasteiger partial charge in [-0.2, -0.15) is 0 Å². The van der Waals surface area contributed by atoms with Gasteiger partial charge in [0.25, 0.3) is 0 Å². The number of methoxy groups -OCH3 is 8. The molecule has 52 heavy (non-hydrogen) atoms. The van der Waals surface area contributed by atoms with Crippen LogP contribution in [-0.4, -0.2) is 56.9 Å². The van der Waals surface area contributed by atoms with Crippen molar-refractivity contribution in [3.05, 3.63) is 117 Å². The summed E-state index contributed by atoms with van der Waals surface area (Å²) in [5.74, 6) is 4.39. The van der Waals surface area contributed by atoms with Crippen molar-refractivity contribution in [2.45, 2.75) is 41.5 Å². The van der Waals surface area contributed by atoms with Crippen LogP contribution < -0.4 is 37.9 Å². The lowest BCUT2D eigenvalue weighted by Gasteiger charge is -2.20. The highest BCUT2D eigenvalue weighted by atomic mass is 16.6. The Morgan fingerprint density at radius 3 is 0.865 bits per heavy atom. The van der Waals surface area contributed by atoms with Crippen LogP contribution in [0.4, 0.5) is 0 Å². The van der Waals surface area contributed by atoms with Gasteiger partial charge in [-0.25, -0.2) is 0 Å². The zero-order valence-corrected chi connectivity index (χ0v) is 33.3. The van der Waals surface area contributed by atoms with E-state index in [-0.39, 0.29) is 0 Å². The van der Waals surface area contributed by atoms with Gasteiger partial charge in [0.15, 0.2) is 23.0 Å². The monoisotopic (exact) mass is 712 g/mol. The van der Waals surface area contributed by atoms with Crippen molar-refractivity contribution in [2.75, 3.05) is 56.9 Å². The van der Waals surface area contributed by atoms with Crippen LogP contribution in [0.5, 0.6) is 46.0 Å². The highest BCUT2D eigenvalue weighted by molar-refractivity contribution is 5.76. The smallest absolute Gasteiger partial charge is 0.207 e. The fraction of sp³-hybridized carbons (Fsp3) is 0.318. The Bertz CT molecular complexity index is 1680. The van der Waals surface area contributed by atoms with Gasteiger partial charge in [0.05, 0.1) is 56.9 Å². The molecule has 0 radical (unpaired) electrons. The van der Waals surface area contributed by atoms with E-state index < -0.39 is 0 Å². The molecule has 0 heterocycles. The molecule has 8 heteroatoms. The Morgan fingerprint density at radius 2 is 0.577 bits per heavy atom. The van der Waals surface area contributed by atoms with E-state index in [1.54, 1.807) is 56.9 Å². The van der Waals surface area contributed by atoms with Gasteiger partial charge in [-0.3, -0.25) is 0 Å². The van der Waals surface area contributed by atoms with Crippen LogP contribution in [0.2, 0.25) is 0 Å². The molecule has 0 aliphatic heterocycles. The molecule has 0 fully saturated rings. The third-order valence-corrected chi connectivity index (χ3v) is 8.14. The molecule has 0 saturated heterocycles. The van der Waals surface area contributed by atoms with E-state index in [2.05, 4.69) is 50.3 Å². The van der Waals surface area contributed by atoms with Crippen LogP contribution in [0.1, 0.15) is 49.9 Å². The summed E-state index contributed by atoms with van der Waals surface area (Å²) in [5.41, 5.74) is 7.89. The molecule has 2 aromatic rings. The predicted octanol–water partition coefficient (Wildman–Crippen LogP) is 10.6. The molecule has 0 amide bonds. The molecule has 0 saturated carbocycles. The van der Waals surface area contributed by atoms with Crippen LogP contribution in [0.25, 0.3) is 12.2 Å². The minimum absolute atomic E-state index is 0.491. The van der Waals surface area contributed by atoms with E-state index in [0.717, 1.165) is 44.5 Å². The molecule has 0 aliphatic carbocycles. The lowest BCUT2D eigenvalue weighted by atomic mass is 10.0. The Balaban J connectivity index is 2.10. The summed E-state index contributed by atoms with van der Waals surface area (Å²) in [6, 6.07) is 0. The number of rotatable bonds is 18. The normalized spacial score (nSPS) is 13.3. The van der Waals surface area contributed by atoms with Gasteiger partial charge in [0.1, 0.15) is 0 Å². The van der Waals surface area contributed by atoms with Crippen LogP contribution in [0, 0.1) is 13.8 Å². The van der Waals surface area contributed by atoms with Crippen molar-refractivity contribution in [3.8, 4) is 46.0 Å². The first kappa shape index (κ1) is 42.7. The van der Waals surface area contributed by atoms with Crippen molar-refractivity contribution in [2.24, 2.45) is 0 Å². The highest BCUT2D eigenvalue weighted by Gasteiger charge is 2.25. The summed E-state index contributed by atoms with van der Waals surface area (Å²) in [5, 5.41) is 0. The van der Waals surface area contributed by atoms with Gasteiger partial charge in [-0.1, -0.05) is 107 Å². The molecule has 2 aromatic carbocycles. The van der Waals surface area contributed by atoms with Crippen LogP contribution in [-0.2, 0) is 0 Å². The summed E-state index contributed by atoms with van der Waals surface area (Å²) in [6.07, 6.45) is 28.6. The molecule has 0 aliphatic rings. The third kappa shape index (κ3) is 11.0. The Kier molecular flexibility index (Phi) is 17.8. The summed E-state index contributed by atoms with van der Waals surface area (Å²) in [6.45, 7) is 12.2. The van der Waals surface area contributed by atoms with E-state index in [1.165, 1.54) is 0 Å². The Hall–Kier alpha value is -5.50. The second-order valence-corrected chi connectivity index (χ2v) is 11.8. The van der Waals surface area contributed by atoms with Crippen molar-refractivity contribution in [3.63, 3.8) is 0 Å². The number of ether oxygens (including phenoxy) is 8. The fourth-order valence-corrected chi connectivity index (χ4v) is 5.39. The van der Waals surface area contributed by atoms with Gasteiger partial charge >= 0.3 is 0 Å². The first-order valence-corrected chi connectivity index (χ1v) is 16.8. The molecule has 2 rings (SSSR count). The lowest BCUT2D eigenvalue weighted by molar-refractivity contribution is 0.304. The number of benzene rings is 2. The molecule has 0 N–H and O–H groups in total. The van der Waals surface area contributed by atoms with Crippen LogP contribution >= 0.6 is 0 Å². The van der Waals surface area contributed by atoms with Gasteiger partial charge in [0, 0.05) is 22.3 Å². The van der Waals surface area contributed by atoms with Crippen LogP contribution in [0.15, 0.2) is 95.2 Å². The van der Waals surface area contributed by atoms with E-state index >= 15 is 0 Å². The number of hydrogen-bond acceptors (Lipinski definition) is 8. The molecular weight excluding hydrogens is 656 g/mol. The molecule has 8 nitrogen and oxygen atoms in total. The van der Waals surface area contributed by atoms with Crippen molar-refractivity contribution in [1.82, 2.24) is 0 Å². The second-order valence-electron chi connectivity index (χ2n) is 11.8. The van der Waals surface area contributed by atoms with Gasteiger partial charge in [-0.05, 0) is 41.5 Å². The molecule has 0 bridgehead atoms. The minimum Gasteiger partial charge on any atom is -0.492 e. The minimum atomic E-state index is 0.491. The zero-order valence-electron chi connectivity index (χ0n) is 33.3. The van der Waals surface area contributed by atoms with E-state index in [4.69, 9.17) is 37.9 Å². The molecule has 0 aromatic heterocycles. The summed E-state index contributed by atoms with van der Waals surface area (Å²) in [4.78, 5) is 0. The second kappa shape index (κ2) is 21.7. The first-order valence-electron chi connectivity index (χ1n) is 16.8. The quantitative estimate of drug-likeness (QED) is 0.141. The maximum atomic E-state index is 5.69. The highest BCUT2D eigenvalue weighted by Crippen LogP contribution is 2.51. The summed E-state index contributed by atoms with van der Waals surface area (Å²) < 4.78 is 44.9. The lowest BCUT2D eigenvalue weighted by Crippen LogP contribution is -2.02. The van der Waals surface area contributed by atoms with Crippen LogP contribution in [0.3, 0.4) is 0 Å². The zero-order chi connectivity index (χ0) is 38.8. The molecule has 280 valence electrons. The molecule has 0 spiro atoms. The van der Waals surface area contributed by atoms with Crippen molar-refractivity contribution >= 4 is 12.2 Å². The van der Waals surface area contributed by atoms with Gasteiger partial charge < -0.3 is 37.9 Å². The van der Waals surface area contributed by atoms with E-state index in [0.29, 0.717) is 46.0 Å². The first-order chi connectivity index (χ1) is 25.0. The number of hydrogen-bond donors (Lipinski definition) is 0. The van der Waals surface area contributed by atoms with E-state index in [1.807, 2.05) is 76.3 Å². The predicted molar refractivity (Wildman–Crippen MR) is 215 cm³/mol. The average molecular weight is 713 g/mol. The number of allylic oxidation sites excluding steroid dienone is 16. The standard InChI is InChI=1S/C44H56O8/c1-29(21-17-23-31(3)25-27-35-33(5)37(45-7)41(49-11)43(51-13)39(35)47-9)19-15-16-20-30(2)22-18-24-32(4)26-28-36-34(6)38(46-8)42(50-12)44(52-14)40(36)48-10/h15-28H,1-14H3. The Morgan fingerprint density at radius 1 is 0.327 bits per heavy atom. The topological polar surface area (TPSA) is 73.8 Å². The molecule has 0 atom stereocenters. The van der Waals surface area contributed by atoms with Gasteiger partial charge in [0.2, 0.25) is 23.0 Å². The average Bonchev–Trinajstić information content (AvgIpc) is 3.14. The fourth-order valence-electron chi connectivity index (χ4n) is 5.39. The Labute approximate surface area is 311 Å². The summed E-state index contributed by atoms with van der Waals surface area (Å²) >= 11 is 0. The molecular formula is C44H56O8. The third-order valence-electron chi connectivity index (χ3n) is 8.14.